The molecule has 0 aliphatic carbocycles. The van der Waals surface area contributed by atoms with E-state index in [-0.39, 0.29) is 24.9 Å². The normalized spacial score (nSPS) is 15.4. The van der Waals surface area contributed by atoms with E-state index in [1.165, 1.54) is 12.1 Å². The maximum atomic E-state index is 14.0. The molecule has 1 aliphatic heterocycles. The van der Waals surface area contributed by atoms with Crippen molar-refractivity contribution in [1.29, 1.82) is 0 Å². The lowest BCUT2D eigenvalue weighted by Crippen LogP contribution is -2.39. The topological polar surface area (TPSA) is 109 Å². The van der Waals surface area contributed by atoms with Crippen LogP contribution in [-0.4, -0.2) is 66.8 Å². The molecule has 1 fully saturated rings. The summed E-state index contributed by atoms with van der Waals surface area (Å²) in [6.07, 6.45) is 5.53. The number of aliphatic hydroxyl groups is 2. The second-order valence-corrected chi connectivity index (χ2v) is 8.88. The Kier molecular flexibility index (Phi) is 6.75. The second-order valence-electron chi connectivity index (χ2n) is 8.88. The first-order valence-corrected chi connectivity index (χ1v) is 11.7. The highest BCUT2D eigenvalue weighted by molar-refractivity contribution is 5.83. The Morgan fingerprint density at radius 1 is 1.11 bits per heavy atom. The lowest BCUT2D eigenvalue weighted by Gasteiger charge is -2.33. The smallest absolute Gasteiger partial charge is 0.167 e. The molecule has 0 amide bonds. The van der Waals surface area contributed by atoms with E-state index in [1.54, 1.807) is 23.1 Å². The summed E-state index contributed by atoms with van der Waals surface area (Å²) in [4.78, 5) is 16.2. The molecular formula is C25H26F2N6O3. The number of anilines is 1. The molecule has 0 radical (unpaired) electrons. The van der Waals surface area contributed by atoms with Crippen LogP contribution < -0.4 is 9.64 Å². The van der Waals surface area contributed by atoms with Crippen LogP contribution in [0.1, 0.15) is 18.5 Å². The third kappa shape index (κ3) is 5.12. The van der Waals surface area contributed by atoms with Crippen molar-refractivity contribution in [1.82, 2.24) is 24.7 Å². The SMILES string of the molecule is Cn1cc(-c2nc3cnc(CC(O)CO)cc3nc2N2CCC(Oc3ccc(F)cc3F)CC2)cn1. The zero-order valence-electron chi connectivity index (χ0n) is 19.7. The van der Waals surface area contributed by atoms with Gasteiger partial charge in [0.25, 0.3) is 0 Å². The fourth-order valence-electron chi connectivity index (χ4n) is 4.30. The van der Waals surface area contributed by atoms with Gasteiger partial charge in [0.15, 0.2) is 17.4 Å². The Labute approximate surface area is 206 Å². The summed E-state index contributed by atoms with van der Waals surface area (Å²) in [6, 6.07) is 5.08. The minimum absolute atomic E-state index is 0.0430. The van der Waals surface area contributed by atoms with Crippen LogP contribution in [0.15, 0.2) is 42.9 Å². The summed E-state index contributed by atoms with van der Waals surface area (Å²) < 4.78 is 34.7. The first-order valence-electron chi connectivity index (χ1n) is 11.7. The summed E-state index contributed by atoms with van der Waals surface area (Å²) in [5, 5.41) is 23.2. The van der Waals surface area contributed by atoms with E-state index in [0.717, 1.165) is 11.6 Å². The first-order chi connectivity index (χ1) is 17.4. The third-order valence-corrected chi connectivity index (χ3v) is 6.15. The second kappa shape index (κ2) is 10.1. The largest absolute Gasteiger partial charge is 0.487 e. The van der Waals surface area contributed by atoms with Crippen molar-refractivity contribution in [3.05, 3.63) is 60.2 Å². The van der Waals surface area contributed by atoms with Crippen molar-refractivity contribution in [2.45, 2.75) is 31.5 Å². The number of piperidine rings is 1. The van der Waals surface area contributed by atoms with Crippen molar-refractivity contribution in [2.24, 2.45) is 7.05 Å². The molecule has 1 saturated heterocycles. The Morgan fingerprint density at radius 2 is 1.92 bits per heavy atom. The van der Waals surface area contributed by atoms with Crippen molar-refractivity contribution < 1.29 is 23.7 Å². The molecule has 1 aromatic carbocycles. The molecule has 0 bridgehead atoms. The number of ether oxygens (including phenoxy) is 1. The van der Waals surface area contributed by atoms with E-state index in [2.05, 4.69) is 15.0 Å². The summed E-state index contributed by atoms with van der Waals surface area (Å²) in [5.74, 6) is -0.632. The van der Waals surface area contributed by atoms with Gasteiger partial charge in [-0.25, -0.2) is 18.7 Å². The van der Waals surface area contributed by atoms with Gasteiger partial charge in [0.1, 0.15) is 23.1 Å². The standard InChI is InChI=1S/C25H26F2N6O3/c1-32-13-15(11-29-32)24-25(31-21-10-17(9-18(35)14-34)28-12-22(21)30-24)33-6-4-19(5-7-33)36-23-3-2-16(26)8-20(23)27/h2-3,8,10-13,18-19,34-35H,4-7,9,14H2,1H3. The summed E-state index contributed by atoms with van der Waals surface area (Å²) in [6.45, 7) is 0.847. The minimum atomic E-state index is -0.901. The quantitative estimate of drug-likeness (QED) is 0.402. The average molecular weight is 497 g/mol. The maximum absolute atomic E-state index is 14.0. The van der Waals surface area contributed by atoms with Gasteiger partial charge in [-0.3, -0.25) is 9.67 Å². The Bertz CT molecular complexity index is 1370. The van der Waals surface area contributed by atoms with Crippen molar-refractivity contribution in [2.75, 3.05) is 24.6 Å². The summed E-state index contributed by atoms with van der Waals surface area (Å²) in [7, 11) is 1.83. The van der Waals surface area contributed by atoms with Crippen LogP contribution in [-0.2, 0) is 13.5 Å². The van der Waals surface area contributed by atoms with Crippen LogP contribution in [0.25, 0.3) is 22.3 Å². The van der Waals surface area contributed by atoms with Gasteiger partial charge < -0.3 is 19.8 Å². The molecule has 36 heavy (non-hydrogen) atoms. The van der Waals surface area contributed by atoms with Gasteiger partial charge >= 0.3 is 0 Å². The molecule has 1 unspecified atom stereocenters. The highest BCUT2D eigenvalue weighted by Gasteiger charge is 2.26. The number of aliphatic hydroxyl groups excluding tert-OH is 2. The van der Waals surface area contributed by atoms with Crippen LogP contribution >= 0.6 is 0 Å². The lowest BCUT2D eigenvalue weighted by molar-refractivity contribution is 0.0948. The molecule has 4 heterocycles. The Morgan fingerprint density at radius 3 is 2.61 bits per heavy atom. The number of nitrogens with zero attached hydrogens (tertiary/aromatic N) is 6. The van der Waals surface area contributed by atoms with E-state index in [4.69, 9.17) is 19.8 Å². The van der Waals surface area contributed by atoms with Crippen LogP contribution in [0.5, 0.6) is 5.75 Å². The van der Waals surface area contributed by atoms with E-state index >= 15 is 0 Å². The number of aryl methyl sites for hydroxylation is 1. The molecular weight excluding hydrogens is 470 g/mol. The van der Waals surface area contributed by atoms with E-state index < -0.39 is 17.7 Å². The summed E-state index contributed by atoms with van der Waals surface area (Å²) >= 11 is 0. The number of halogens is 2. The minimum Gasteiger partial charge on any atom is -0.487 e. The van der Waals surface area contributed by atoms with Crippen LogP contribution in [0.4, 0.5) is 14.6 Å². The fourth-order valence-corrected chi connectivity index (χ4v) is 4.30. The Hall–Kier alpha value is -3.70. The van der Waals surface area contributed by atoms with Gasteiger partial charge in [0, 0.05) is 62.9 Å². The van der Waals surface area contributed by atoms with Crippen LogP contribution in [0.3, 0.4) is 0 Å². The fraction of sp³-hybridized carbons (Fsp3) is 0.360. The van der Waals surface area contributed by atoms with Gasteiger partial charge in [-0.2, -0.15) is 5.10 Å². The van der Waals surface area contributed by atoms with Gasteiger partial charge in [-0.1, -0.05) is 0 Å². The van der Waals surface area contributed by atoms with Crippen LogP contribution in [0.2, 0.25) is 0 Å². The summed E-state index contributed by atoms with van der Waals surface area (Å²) in [5.41, 5.74) is 3.31. The highest BCUT2D eigenvalue weighted by atomic mass is 19.1. The third-order valence-electron chi connectivity index (χ3n) is 6.15. The maximum Gasteiger partial charge on any atom is 0.167 e. The molecule has 1 aliphatic rings. The molecule has 0 spiro atoms. The number of hydrogen-bond acceptors (Lipinski definition) is 8. The zero-order chi connectivity index (χ0) is 25.2. The number of fused-ring (bicyclic) bond motifs is 1. The number of benzene rings is 1. The highest BCUT2D eigenvalue weighted by Crippen LogP contribution is 2.32. The molecule has 0 saturated carbocycles. The van der Waals surface area contributed by atoms with Crippen LogP contribution in [0, 0.1) is 11.6 Å². The first kappa shape index (κ1) is 24.0. The van der Waals surface area contributed by atoms with Crippen molar-refractivity contribution >= 4 is 16.9 Å². The predicted molar refractivity (Wildman–Crippen MR) is 129 cm³/mol. The van der Waals surface area contributed by atoms with E-state index in [9.17, 15) is 13.9 Å². The number of pyridine rings is 1. The molecule has 11 heteroatoms. The molecule has 3 aromatic heterocycles. The molecule has 188 valence electrons. The van der Waals surface area contributed by atoms with Crippen molar-refractivity contribution in [3.63, 3.8) is 0 Å². The number of aromatic nitrogens is 5. The zero-order valence-corrected chi connectivity index (χ0v) is 19.7. The van der Waals surface area contributed by atoms with E-state index in [0.29, 0.717) is 54.2 Å². The lowest BCUT2D eigenvalue weighted by atomic mass is 10.1. The van der Waals surface area contributed by atoms with E-state index in [1.807, 2.05) is 13.2 Å². The van der Waals surface area contributed by atoms with Gasteiger partial charge in [0.2, 0.25) is 0 Å². The molecule has 2 N–H and O–H groups in total. The van der Waals surface area contributed by atoms with Gasteiger partial charge in [0.05, 0.1) is 30.6 Å². The molecule has 5 rings (SSSR count). The monoisotopic (exact) mass is 496 g/mol. The molecule has 1 atom stereocenters. The van der Waals surface area contributed by atoms with Gasteiger partial charge in [-0.05, 0) is 18.2 Å². The average Bonchev–Trinajstić information content (AvgIpc) is 3.31. The molecule has 4 aromatic rings. The van der Waals surface area contributed by atoms with Crippen molar-refractivity contribution in [3.8, 4) is 17.0 Å². The number of hydrogen-bond donors (Lipinski definition) is 2. The Balaban J connectivity index is 1.42. The predicted octanol–water partition coefficient (Wildman–Crippen LogP) is 2.65. The number of rotatable bonds is 7. The molecule has 9 nitrogen and oxygen atoms in total. The van der Waals surface area contributed by atoms with Gasteiger partial charge in [-0.15, -0.1) is 0 Å².